The molecule has 92 valence electrons. The van der Waals surface area contributed by atoms with E-state index in [2.05, 4.69) is 20.8 Å². The van der Waals surface area contributed by atoms with Gasteiger partial charge in [0.2, 0.25) is 0 Å². The van der Waals surface area contributed by atoms with Crippen molar-refractivity contribution in [2.45, 2.75) is 25.5 Å². The molecule has 0 amide bonds. The van der Waals surface area contributed by atoms with Gasteiger partial charge in [-0.15, -0.1) is 5.10 Å². The first-order chi connectivity index (χ1) is 7.53. The van der Waals surface area contributed by atoms with Crippen molar-refractivity contribution < 1.29 is 13.2 Å². The number of rotatable bonds is 6. The second-order valence-electron chi connectivity index (χ2n) is 2.89. The van der Waals surface area contributed by atoms with Gasteiger partial charge in [0.25, 0.3) is 0 Å². The molecule has 5 nitrogen and oxygen atoms in total. The fourth-order valence-electron chi connectivity index (χ4n) is 1.01. The highest BCUT2D eigenvalue weighted by Crippen LogP contribution is 2.29. The van der Waals surface area contributed by atoms with Gasteiger partial charge in [0.1, 0.15) is 0 Å². The summed E-state index contributed by atoms with van der Waals surface area (Å²) in [4.78, 5) is 0. The lowest BCUT2D eigenvalue weighted by Crippen LogP contribution is -2.18. The zero-order chi connectivity index (χ0) is 12.0. The van der Waals surface area contributed by atoms with Crippen LogP contribution in [0.4, 0.5) is 13.2 Å². The Balaban J connectivity index is 2.38. The Morgan fingerprint density at radius 1 is 1.44 bits per heavy atom. The summed E-state index contributed by atoms with van der Waals surface area (Å²) in [6.45, 7) is 3.29. The lowest BCUT2D eigenvalue weighted by molar-refractivity contribution is -0.0328. The van der Waals surface area contributed by atoms with Gasteiger partial charge in [-0.05, 0) is 28.7 Å². The molecule has 16 heavy (non-hydrogen) atoms. The van der Waals surface area contributed by atoms with Crippen LogP contribution in [-0.2, 0) is 13.1 Å². The van der Waals surface area contributed by atoms with Crippen LogP contribution in [0.15, 0.2) is 0 Å². The van der Waals surface area contributed by atoms with Gasteiger partial charge < -0.3 is 5.32 Å². The van der Waals surface area contributed by atoms with Crippen LogP contribution in [0.3, 0.4) is 0 Å². The molecule has 0 radical (unpaired) electrons. The van der Waals surface area contributed by atoms with E-state index in [0.29, 0.717) is 12.4 Å². The van der Waals surface area contributed by atoms with E-state index in [0.717, 1.165) is 6.54 Å². The number of nitrogens with zero attached hydrogens (tertiary/aromatic N) is 4. The number of aryl methyl sites for hydroxylation is 1. The summed E-state index contributed by atoms with van der Waals surface area (Å²) in [6.07, 6.45) is 0. The van der Waals surface area contributed by atoms with Crippen molar-refractivity contribution in [2.75, 3.05) is 12.3 Å². The van der Waals surface area contributed by atoms with E-state index in [1.165, 1.54) is 4.68 Å². The fourth-order valence-corrected chi connectivity index (χ4v) is 1.50. The van der Waals surface area contributed by atoms with Crippen LogP contribution in [0, 0.1) is 0 Å². The van der Waals surface area contributed by atoms with E-state index in [-0.39, 0.29) is 24.1 Å². The van der Waals surface area contributed by atoms with Gasteiger partial charge in [-0.3, -0.25) is 0 Å². The molecule has 0 fully saturated rings. The third-order valence-corrected chi connectivity index (χ3v) is 2.42. The van der Waals surface area contributed by atoms with E-state index >= 15 is 0 Å². The predicted molar refractivity (Wildman–Crippen MR) is 53.7 cm³/mol. The molecule has 0 bridgehead atoms. The van der Waals surface area contributed by atoms with E-state index in [1.807, 2.05) is 6.92 Å². The van der Waals surface area contributed by atoms with E-state index in [9.17, 15) is 13.2 Å². The smallest absolute Gasteiger partial charge is 0.310 e. The molecule has 0 aliphatic rings. The van der Waals surface area contributed by atoms with Gasteiger partial charge in [-0.1, -0.05) is 6.92 Å². The molecule has 1 aromatic rings. The van der Waals surface area contributed by atoms with Gasteiger partial charge in [-0.2, -0.15) is 13.2 Å². The average molecular weight is 255 g/mol. The monoisotopic (exact) mass is 255 g/mol. The molecule has 0 aliphatic carbocycles. The van der Waals surface area contributed by atoms with Crippen molar-refractivity contribution >= 4 is 11.8 Å². The third kappa shape index (κ3) is 4.79. The normalized spacial score (nSPS) is 12.0. The molecule has 1 N–H and O–H groups in total. The number of nitrogens with one attached hydrogen (secondary N) is 1. The molecule has 0 aromatic carbocycles. The summed E-state index contributed by atoms with van der Waals surface area (Å²) in [6, 6.07) is 0. The van der Waals surface area contributed by atoms with Crippen LogP contribution >= 0.6 is 11.8 Å². The summed E-state index contributed by atoms with van der Waals surface area (Å²) < 4.78 is 37.0. The Hall–Kier alpha value is -0.830. The first-order valence-corrected chi connectivity index (χ1v) is 5.68. The molecule has 0 saturated heterocycles. The molecule has 1 rings (SSSR count). The minimum absolute atomic E-state index is 0.0724. The highest BCUT2D eigenvalue weighted by atomic mass is 32.2. The average Bonchev–Trinajstić information content (AvgIpc) is 2.60. The summed E-state index contributed by atoms with van der Waals surface area (Å²) in [5.41, 5.74) is -4.20. The summed E-state index contributed by atoms with van der Waals surface area (Å²) in [5, 5.41) is 13.8. The van der Waals surface area contributed by atoms with Crippen molar-refractivity contribution in [1.82, 2.24) is 25.5 Å². The number of thioether (sulfide) groups is 1. The number of aromatic nitrogens is 4. The van der Waals surface area contributed by atoms with E-state index in [1.54, 1.807) is 0 Å². The lowest BCUT2D eigenvalue weighted by atomic mass is 10.5. The molecule has 1 aromatic heterocycles. The molecular formula is C7H12F3N5S. The second-order valence-corrected chi connectivity index (χ2v) is 4.05. The van der Waals surface area contributed by atoms with Crippen LogP contribution in [0.25, 0.3) is 0 Å². The largest absolute Gasteiger partial charge is 0.441 e. The standard InChI is InChI=1S/C7H12F3N5S/c1-2-11-5-6-12-13-14-15(6)3-4-16-7(8,9)10/h11H,2-5H2,1H3. The minimum atomic E-state index is -4.20. The molecule has 0 aliphatic heterocycles. The predicted octanol–water partition coefficient (Wildman–Crippen LogP) is 1.04. The molecule has 0 unspecified atom stereocenters. The van der Waals surface area contributed by atoms with Crippen molar-refractivity contribution in [3.05, 3.63) is 5.82 Å². The number of hydrogen-bond acceptors (Lipinski definition) is 5. The first kappa shape index (κ1) is 13.2. The third-order valence-electron chi connectivity index (χ3n) is 1.71. The molecular weight excluding hydrogens is 243 g/mol. The van der Waals surface area contributed by atoms with Gasteiger partial charge >= 0.3 is 5.51 Å². The van der Waals surface area contributed by atoms with E-state index in [4.69, 9.17) is 0 Å². The van der Waals surface area contributed by atoms with Gasteiger partial charge in [-0.25, -0.2) is 4.68 Å². The van der Waals surface area contributed by atoms with Crippen LogP contribution in [0.2, 0.25) is 0 Å². The second kappa shape index (κ2) is 6.04. The SMILES string of the molecule is CCNCc1nnnn1CCSC(F)(F)F. The zero-order valence-electron chi connectivity index (χ0n) is 8.66. The van der Waals surface area contributed by atoms with Crippen molar-refractivity contribution in [3.8, 4) is 0 Å². The molecule has 0 saturated carbocycles. The first-order valence-electron chi connectivity index (χ1n) is 4.69. The summed E-state index contributed by atoms with van der Waals surface area (Å²) in [7, 11) is 0. The number of tetrazole rings is 1. The van der Waals surface area contributed by atoms with E-state index < -0.39 is 5.51 Å². The van der Waals surface area contributed by atoms with Gasteiger partial charge in [0.15, 0.2) is 5.82 Å². The van der Waals surface area contributed by atoms with Crippen molar-refractivity contribution in [2.24, 2.45) is 0 Å². The molecule has 9 heteroatoms. The Labute approximate surface area is 94.8 Å². The number of halogens is 3. The highest BCUT2D eigenvalue weighted by Gasteiger charge is 2.27. The van der Waals surface area contributed by atoms with Gasteiger partial charge in [0, 0.05) is 5.75 Å². The van der Waals surface area contributed by atoms with Crippen LogP contribution < -0.4 is 5.32 Å². The minimum Gasteiger partial charge on any atom is -0.310 e. The number of alkyl halides is 3. The Morgan fingerprint density at radius 3 is 2.81 bits per heavy atom. The van der Waals surface area contributed by atoms with Crippen LogP contribution in [0.1, 0.15) is 12.7 Å². The van der Waals surface area contributed by atoms with Gasteiger partial charge in [0.05, 0.1) is 13.1 Å². The fraction of sp³-hybridized carbons (Fsp3) is 0.857. The molecule has 1 heterocycles. The van der Waals surface area contributed by atoms with Crippen LogP contribution in [0.5, 0.6) is 0 Å². The summed E-state index contributed by atoms with van der Waals surface area (Å²) in [5.74, 6) is 0.456. The lowest BCUT2D eigenvalue weighted by Gasteiger charge is -2.06. The topological polar surface area (TPSA) is 55.6 Å². The zero-order valence-corrected chi connectivity index (χ0v) is 9.48. The molecule has 0 spiro atoms. The highest BCUT2D eigenvalue weighted by molar-refractivity contribution is 8.00. The van der Waals surface area contributed by atoms with Crippen LogP contribution in [-0.4, -0.2) is 38.0 Å². The quantitative estimate of drug-likeness (QED) is 0.823. The molecule has 0 atom stereocenters. The summed E-state index contributed by atoms with van der Waals surface area (Å²) >= 11 is -0.0724. The Bertz CT molecular complexity index is 313. The maximum Gasteiger partial charge on any atom is 0.441 e. The maximum atomic E-state index is 11.9. The van der Waals surface area contributed by atoms with Crippen molar-refractivity contribution in [3.63, 3.8) is 0 Å². The number of hydrogen-bond donors (Lipinski definition) is 1. The van der Waals surface area contributed by atoms with Crippen molar-refractivity contribution in [1.29, 1.82) is 0 Å². The Kier molecular flexibility index (Phi) is 5.00. The maximum absolute atomic E-state index is 11.9. The Morgan fingerprint density at radius 2 is 2.19 bits per heavy atom.